The number of fused-ring (bicyclic) bond motifs is 1. The molecule has 2 aromatic rings. The maximum atomic E-state index is 4.93. The molecule has 0 unspecified atom stereocenters. The summed E-state index contributed by atoms with van der Waals surface area (Å²) in [5.41, 5.74) is 2.83. The van der Waals surface area contributed by atoms with Crippen LogP contribution in [0.5, 0.6) is 0 Å². The van der Waals surface area contributed by atoms with Gasteiger partial charge in [-0.3, -0.25) is 0 Å². The van der Waals surface area contributed by atoms with Gasteiger partial charge in [0.25, 0.3) is 0 Å². The Morgan fingerprint density at radius 1 is 1.33 bits per heavy atom. The molecule has 0 bridgehead atoms. The Bertz CT molecular complexity index is 420. The van der Waals surface area contributed by atoms with Crippen LogP contribution in [0.2, 0.25) is 0 Å². The number of halogens is 2. The Morgan fingerprint density at radius 2 is 2.00 bits per heavy atom. The van der Waals surface area contributed by atoms with Crippen LogP contribution >= 0.6 is 17.0 Å². The second-order valence-electron chi connectivity index (χ2n) is 3.37. The van der Waals surface area contributed by atoms with Crippen LogP contribution in [0.4, 0.5) is 0 Å². The van der Waals surface area contributed by atoms with Gasteiger partial charge in [0.2, 0.25) is 0 Å². The average Bonchev–Trinajstić information content (AvgIpc) is 2.63. The van der Waals surface area contributed by atoms with E-state index >= 15 is 0 Å². The van der Waals surface area contributed by atoms with Crippen molar-refractivity contribution in [3.63, 3.8) is 0 Å². The topological polar surface area (TPSA) is 0 Å². The summed E-state index contributed by atoms with van der Waals surface area (Å²) in [4.78, 5) is 0. The molecule has 0 atom stereocenters. The van der Waals surface area contributed by atoms with Gasteiger partial charge in [0.1, 0.15) is 0 Å². The van der Waals surface area contributed by atoms with E-state index in [1.807, 2.05) is 0 Å². The quantitative estimate of drug-likeness (QED) is 0.662. The summed E-state index contributed by atoms with van der Waals surface area (Å²) in [5.74, 6) is 0. The summed E-state index contributed by atoms with van der Waals surface area (Å²) >= 11 is -0.826. The molecule has 0 aromatic heterocycles. The van der Waals surface area contributed by atoms with E-state index in [1.54, 1.807) is 0 Å². The molecule has 0 aliphatic rings. The van der Waals surface area contributed by atoms with Crippen molar-refractivity contribution >= 4 is 27.8 Å². The first-order valence-electron chi connectivity index (χ1n) is 4.84. The van der Waals surface area contributed by atoms with Crippen LogP contribution in [-0.2, 0) is 27.3 Å². The molecule has 0 aliphatic carbocycles. The number of rotatable bonds is 1. The fourth-order valence-corrected chi connectivity index (χ4v) is 1.66. The Morgan fingerprint density at radius 3 is 2.53 bits per heavy atom. The SMILES string of the molecule is CCc1cc2c(C)cccc2[cH-]1.[Cl][Zr][Cl]. The van der Waals surface area contributed by atoms with E-state index in [0.717, 1.165) is 6.42 Å². The van der Waals surface area contributed by atoms with Gasteiger partial charge in [-0.1, -0.05) is 18.6 Å². The van der Waals surface area contributed by atoms with Gasteiger partial charge in [0.15, 0.2) is 0 Å². The molecule has 0 radical (unpaired) electrons. The van der Waals surface area contributed by atoms with Gasteiger partial charge in [0.05, 0.1) is 0 Å². The van der Waals surface area contributed by atoms with Crippen molar-refractivity contribution in [2.24, 2.45) is 0 Å². The number of hydrogen-bond acceptors (Lipinski definition) is 0. The van der Waals surface area contributed by atoms with E-state index in [2.05, 4.69) is 44.2 Å². The Kier molecular flexibility index (Phi) is 6.04. The third kappa shape index (κ3) is 3.66. The number of hydrogen-bond donors (Lipinski definition) is 0. The van der Waals surface area contributed by atoms with Crippen LogP contribution in [0.15, 0.2) is 30.3 Å². The summed E-state index contributed by atoms with van der Waals surface area (Å²) in [6.07, 6.45) is 1.13. The van der Waals surface area contributed by atoms with Gasteiger partial charge in [-0.15, -0.1) is 34.5 Å². The van der Waals surface area contributed by atoms with Gasteiger partial charge in [-0.2, -0.15) is 6.07 Å². The predicted molar refractivity (Wildman–Crippen MR) is 65.4 cm³/mol. The van der Waals surface area contributed by atoms with Gasteiger partial charge >= 0.3 is 37.9 Å². The predicted octanol–water partition coefficient (Wildman–Crippen LogP) is 4.81. The Hall–Kier alpha value is 0.293. The average molecular weight is 319 g/mol. The minimum absolute atomic E-state index is 0.826. The molecule has 15 heavy (non-hydrogen) atoms. The van der Waals surface area contributed by atoms with Gasteiger partial charge in [-0.05, 0) is 13.3 Å². The Labute approximate surface area is 110 Å². The van der Waals surface area contributed by atoms with E-state index in [0.29, 0.717) is 0 Å². The summed E-state index contributed by atoms with van der Waals surface area (Å²) < 4.78 is 0. The first-order valence-corrected chi connectivity index (χ1v) is 11.2. The van der Waals surface area contributed by atoms with Crippen molar-refractivity contribution in [1.82, 2.24) is 0 Å². The normalized spacial score (nSPS) is 9.60. The zero-order valence-corrected chi connectivity index (χ0v) is 12.8. The van der Waals surface area contributed by atoms with Crippen molar-refractivity contribution < 1.29 is 20.8 Å². The number of benzene rings is 1. The molecular formula is C12H13Cl2Zr-. The molecule has 0 fully saturated rings. The van der Waals surface area contributed by atoms with Crippen molar-refractivity contribution in [2.45, 2.75) is 20.3 Å². The third-order valence-electron chi connectivity index (χ3n) is 2.44. The van der Waals surface area contributed by atoms with E-state index < -0.39 is 20.8 Å². The fraction of sp³-hybridized carbons (Fsp3) is 0.250. The van der Waals surface area contributed by atoms with Gasteiger partial charge in [-0.25, -0.2) is 0 Å². The maximum absolute atomic E-state index is 4.93. The molecule has 0 N–H and O–H groups in total. The van der Waals surface area contributed by atoms with Crippen LogP contribution in [0.25, 0.3) is 10.8 Å². The molecule has 0 saturated carbocycles. The molecule has 0 spiro atoms. The molecule has 0 amide bonds. The van der Waals surface area contributed by atoms with Crippen LogP contribution in [0.1, 0.15) is 18.1 Å². The summed E-state index contributed by atoms with van der Waals surface area (Å²) in [5, 5.41) is 2.79. The second kappa shape index (κ2) is 6.79. The molecule has 80 valence electrons. The molecule has 0 saturated heterocycles. The van der Waals surface area contributed by atoms with Crippen molar-refractivity contribution in [3.05, 3.63) is 41.5 Å². The summed E-state index contributed by atoms with van der Waals surface area (Å²) in [7, 11) is 9.87. The second-order valence-corrected chi connectivity index (χ2v) is 7.10. The zero-order valence-electron chi connectivity index (χ0n) is 8.85. The molecule has 3 heteroatoms. The van der Waals surface area contributed by atoms with E-state index in [1.165, 1.54) is 21.9 Å². The number of aryl methyl sites for hydroxylation is 2. The van der Waals surface area contributed by atoms with E-state index in [4.69, 9.17) is 17.0 Å². The first-order chi connectivity index (χ1) is 7.22. The molecule has 2 aromatic carbocycles. The molecule has 0 aliphatic heterocycles. The van der Waals surface area contributed by atoms with Gasteiger partial charge in [0, 0.05) is 0 Å². The van der Waals surface area contributed by atoms with E-state index in [9.17, 15) is 0 Å². The molecule has 0 nitrogen and oxygen atoms in total. The monoisotopic (exact) mass is 317 g/mol. The van der Waals surface area contributed by atoms with Crippen molar-refractivity contribution in [2.75, 3.05) is 0 Å². The van der Waals surface area contributed by atoms with Crippen LogP contribution in [-0.4, -0.2) is 0 Å². The molecular weight excluding hydrogens is 306 g/mol. The fourth-order valence-electron chi connectivity index (χ4n) is 1.66. The third-order valence-corrected chi connectivity index (χ3v) is 2.44. The first kappa shape index (κ1) is 13.4. The van der Waals surface area contributed by atoms with Crippen LogP contribution < -0.4 is 0 Å². The van der Waals surface area contributed by atoms with Crippen LogP contribution in [0, 0.1) is 6.92 Å². The standard InChI is InChI=1S/C12H13.2ClH.Zr/c1-3-10-7-11-6-4-5-9(2)12(11)8-10;;;/h4-8H,3H2,1-2H3;2*1H;/q-1;;;+2/p-2. The van der Waals surface area contributed by atoms with Crippen LogP contribution in [0.3, 0.4) is 0 Å². The Balaban J connectivity index is 0.000000337. The van der Waals surface area contributed by atoms with E-state index in [-0.39, 0.29) is 0 Å². The summed E-state index contributed by atoms with van der Waals surface area (Å²) in [6.45, 7) is 4.37. The van der Waals surface area contributed by atoms with Gasteiger partial charge < -0.3 is 0 Å². The van der Waals surface area contributed by atoms with Crippen molar-refractivity contribution in [1.29, 1.82) is 0 Å². The summed E-state index contributed by atoms with van der Waals surface area (Å²) in [6, 6.07) is 11.0. The molecule has 0 heterocycles. The zero-order chi connectivity index (χ0) is 11.3. The molecule has 2 rings (SSSR count). The minimum atomic E-state index is -0.826. The van der Waals surface area contributed by atoms with Crippen molar-refractivity contribution in [3.8, 4) is 0 Å².